The van der Waals surface area contributed by atoms with Crippen LogP contribution < -0.4 is 0 Å². The fourth-order valence-corrected chi connectivity index (χ4v) is 0.506. The third-order valence-electron chi connectivity index (χ3n) is 1.41. The van der Waals surface area contributed by atoms with Crippen molar-refractivity contribution in [3.8, 4) is 0 Å². The summed E-state index contributed by atoms with van der Waals surface area (Å²) in [7, 11) is 0. The van der Waals surface area contributed by atoms with Crippen LogP contribution in [0.1, 0.15) is 27.2 Å². The van der Waals surface area contributed by atoms with E-state index in [0.717, 1.165) is 5.57 Å². The largest absolute Gasteiger partial charge is 0.294 e. The molecule has 0 aliphatic rings. The minimum absolute atomic E-state index is 0.135. The van der Waals surface area contributed by atoms with E-state index in [9.17, 15) is 4.79 Å². The Labute approximate surface area is 62.4 Å². The van der Waals surface area contributed by atoms with E-state index in [1.54, 1.807) is 6.92 Å². The standard InChI is InChI=1S/C9H14O/c1-5-8(4)6-9(10)7(2)3/h5H,2,6H2,1,3-4H3/b8-5-. The molecule has 0 saturated heterocycles. The highest BCUT2D eigenvalue weighted by Crippen LogP contribution is 2.04. The summed E-state index contributed by atoms with van der Waals surface area (Å²) < 4.78 is 0. The number of allylic oxidation sites excluding steroid dienone is 3. The fraction of sp³-hybridized carbons (Fsp3) is 0.444. The molecule has 0 atom stereocenters. The number of hydrogen-bond donors (Lipinski definition) is 0. The van der Waals surface area contributed by atoms with Crippen LogP contribution in [0.4, 0.5) is 0 Å². The molecular weight excluding hydrogens is 124 g/mol. The van der Waals surface area contributed by atoms with Crippen molar-refractivity contribution in [2.24, 2.45) is 0 Å². The predicted octanol–water partition coefficient (Wildman–Crippen LogP) is 2.49. The Morgan fingerprint density at radius 1 is 1.50 bits per heavy atom. The number of hydrogen-bond acceptors (Lipinski definition) is 1. The number of carbonyl (C=O) groups excluding carboxylic acids is 1. The van der Waals surface area contributed by atoms with E-state index in [0.29, 0.717) is 12.0 Å². The summed E-state index contributed by atoms with van der Waals surface area (Å²) in [6.07, 6.45) is 2.46. The van der Waals surface area contributed by atoms with Gasteiger partial charge >= 0.3 is 0 Å². The van der Waals surface area contributed by atoms with Gasteiger partial charge in [-0.15, -0.1) is 0 Å². The van der Waals surface area contributed by atoms with Gasteiger partial charge in [-0.05, 0) is 26.3 Å². The molecule has 0 fully saturated rings. The van der Waals surface area contributed by atoms with Crippen molar-refractivity contribution in [3.05, 3.63) is 23.8 Å². The zero-order valence-electron chi connectivity index (χ0n) is 6.90. The minimum Gasteiger partial charge on any atom is -0.294 e. The van der Waals surface area contributed by atoms with Crippen LogP contribution in [0.25, 0.3) is 0 Å². The van der Waals surface area contributed by atoms with Crippen molar-refractivity contribution in [2.75, 3.05) is 0 Å². The van der Waals surface area contributed by atoms with Crippen molar-refractivity contribution >= 4 is 5.78 Å². The third kappa shape index (κ3) is 3.23. The lowest BCUT2D eigenvalue weighted by atomic mass is 10.1. The van der Waals surface area contributed by atoms with Crippen LogP contribution in [-0.2, 0) is 4.79 Å². The maximum absolute atomic E-state index is 11.0. The smallest absolute Gasteiger partial charge is 0.161 e. The lowest BCUT2D eigenvalue weighted by Gasteiger charge is -1.97. The Morgan fingerprint density at radius 3 is 2.30 bits per heavy atom. The van der Waals surface area contributed by atoms with E-state index < -0.39 is 0 Å². The van der Waals surface area contributed by atoms with Gasteiger partial charge < -0.3 is 0 Å². The second-order valence-electron chi connectivity index (χ2n) is 2.52. The number of Topliss-reactive ketones (excluding diaryl/α,β-unsaturated/α-hetero) is 1. The first-order valence-corrected chi connectivity index (χ1v) is 3.38. The Hall–Kier alpha value is -0.850. The Balaban J connectivity index is 3.93. The maximum Gasteiger partial charge on any atom is 0.161 e. The van der Waals surface area contributed by atoms with Gasteiger partial charge in [0.15, 0.2) is 5.78 Å². The van der Waals surface area contributed by atoms with E-state index in [2.05, 4.69) is 6.58 Å². The highest BCUT2D eigenvalue weighted by atomic mass is 16.1. The second-order valence-corrected chi connectivity index (χ2v) is 2.52. The van der Waals surface area contributed by atoms with Gasteiger partial charge in [0.25, 0.3) is 0 Å². The van der Waals surface area contributed by atoms with Crippen molar-refractivity contribution in [2.45, 2.75) is 27.2 Å². The summed E-state index contributed by atoms with van der Waals surface area (Å²) in [6.45, 7) is 9.18. The van der Waals surface area contributed by atoms with Gasteiger partial charge in [-0.1, -0.05) is 18.2 Å². The molecule has 1 heteroatoms. The maximum atomic E-state index is 11.0. The van der Waals surface area contributed by atoms with Crippen molar-refractivity contribution in [3.63, 3.8) is 0 Å². The van der Waals surface area contributed by atoms with Crippen molar-refractivity contribution < 1.29 is 4.79 Å². The van der Waals surface area contributed by atoms with Crippen molar-refractivity contribution in [1.29, 1.82) is 0 Å². The van der Waals surface area contributed by atoms with Crippen LogP contribution in [0.3, 0.4) is 0 Å². The van der Waals surface area contributed by atoms with Gasteiger partial charge in [-0.25, -0.2) is 0 Å². The highest BCUT2D eigenvalue weighted by Gasteiger charge is 2.01. The first-order valence-electron chi connectivity index (χ1n) is 3.38. The molecule has 0 aliphatic heterocycles. The summed E-state index contributed by atoms with van der Waals surface area (Å²) in [6, 6.07) is 0. The van der Waals surface area contributed by atoms with E-state index in [1.807, 2.05) is 19.9 Å². The normalized spacial score (nSPS) is 11.3. The second kappa shape index (κ2) is 4.04. The Morgan fingerprint density at radius 2 is 2.00 bits per heavy atom. The molecule has 0 spiro atoms. The fourth-order valence-electron chi connectivity index (χ4n) is 0.506. The molecule has 0 amide bonds. The molecule has 10 heavy (non-hydrogen) atoms. The SMILES string of the molecule is C=C(C)C(=O)C/C(C)=C\C. The summed E-state index contributed by atoms with van der Waals surface area (Å²) in [5, 5.41) is 0. The molecule has 0 aromatic heterocycles. The molecule has 0 unspecified atom stereocenters. The lowest BCUT2D eigenvalue weighted by molar-refractivity contribution is -0.114. The number of ketones is 1. The first-order chi connectivity index (χ1) is 4.57. The van der Waals surface area contributed by atoms with E-state index >= 15 is 0 Å². The molecule has 0 rings (SSSR count). The minimum atomic E-state index is 0.135. The number of carbonyl (C=O) groups is 1. The monoisotopic (exact) mass is 138 g/mol. The molecule has 0 heterocycles. The summed E-state index contributed by atoms with van der Waals surface area (Å²) >= 11 is 0. The van der Waals surface area contributed by atoms with Gasteiger partial charge in [0.05, 0.1) is 0 Å². The molecule has 0 N–H and O–H groups in total. The highest BCUT2D eigenvalue weighted by molar-refractivity contribution is 5.95. The first kappa shape index (κ1) is 9.15. The molecule has 0 aromatic rings. The van der Waals surface area contributed by atoms with Crippen LogP contribution in [0.15, 0.2) is 23.8 Å². The van der Waals surface area contributed by atoms with E-state index in [1.165, 1.54) is 0 Å². The lowest BCUT2D eigenvalue weighted by Crippen LogP contribution is -1.98. The van der Waals surface area contributed by atoms with E-state index in [4.69, 9.17) is 0 Å². The average molecular weight is 138 g/mol. The predicted molar refractivity (Wildman–Crippen MR) is 43.9 cm³/mol. The van der Waals surface area contributed by atoms with Crippen LogP contribution in [-0.4, -0.2) is 5.78 Å². The third-order valence-corrected chi connectivity index (χ3v) is 1.41. The molecule has 0 bridgehead atoms. The molecule has 0 saturated carbocycles. The van der Waals surface area contributed by atoms with Crippen LogP contribution in [0.5, 0.6) is 0 Å². The summed E-state index contributed by atoms with van der Waals surface area (Å²) in [4.78, 5) is 11.0. The zero-order valence-corrected chi connectivity index (χ0v) is 6.90. The van der Waals surface area contributed by atoms with E-state index in [-0.39, 0.29) is 5.78 Å². The average Bonchev–Trinajstić information content (AvgIpc) is 1.87. The Bertz CT molecular complexity index is 175. The number of rotatable bonds is 3. The summed E-state index contributed by atoms with van der Waals surface area (Å²) in [5.41, 5.74) is 1.74. The Kier molecular flexibility index (Phi) is 3.70. The molecule has 0 aromatic carbocycles. The molecule has 56 valence electrons. The van der Waals surface area contributed by atoms with Crippen molar-refractivity contribution in [1.82, 2.24) is 0 Å². The molecule has 0 radical (unpaired) electrons. The van der Waals surface area contributed by atoms with Crippen LogP contribution in [0, 0.1) is 0 Å². The van der Waals surface area contributed by atoms with Gasteiger partial charge in [-0.3, -0.25) is 4.79 Å². The van der Waals surface area contributed by atoms with Crippen LogP contribution >= 0.6 is 0 Å². The van der Waals surface area contributed by atoms with Crippen LogP contribution in [0.2, 0.25) is 0 Å². The van der Waals surface area contributed by atoms with Gasteiger partial charge in [0.1, 0.15) is 0 Å². The van der Waals surface area contributed by atoms with Gasteiger partial charge in [-0.2, -0.15) is 0 Å². The molecular formula is C9H14O. The molecule has 1 nitrogen and oxygen atoms in total. The molecule has 0 aliphatic carbocycles. The topological polar surface area (TPSA) is 17.1 Å². The zero-order chi connectivity index (χ0) is 8.15. The summed E-state index contributed by atoms with van der Waals surface area (Å²) in [5.74, 6) is 0.135. The van der Waals surface area contributed by atoms with Gasteiger partial charge in [0.2, 0.25) is 0 Å². The quantitative estimate of drug-likeness (QED) is 0.432. The van der Waals surface area contributed by atoms with Gasteiger partial charge in [0, 0.05) is 6.42 Å².